The van der Waals surface area contributed by atoms with E-state index in [2.05, 4.69) is 76.0 Å². The lowest BCUT2D eigenvalue weighted by Crippen LogP contribution is -2.44. The zero-order valence-corrected chi connectivity index (χ0v) is 16.4. The number of likely N-dealkylation sites (N-methyl/N-ethyl adjacent to an activating group) is 4. The number of hydrogen-bond acceptors (Lipinski definition) is 7. The highest BCUT2D eigenvalue weighted by Gasteiger charge is 2.14. The van der Waals surface area contributed by atoms with Crippen LogP contribution in [0.15, 0.2) is 0 Å². The smallest absolute Gasteiger partial charge is 0.0853 e. The van der Waals surface area contributed by atoms with Crippen molar-refractivity contribution in [1.29, 1.82) is 0 Å². The second-order valence-electron chi connectivity index (χ2n) is 6.58. The van der Waals surface area contributed by atoms with E-state index in [0.717, 1.165) is 0 Å². The van der Waals surface area contributed by atoms with Crippen LogP contribution in [0.2, 0.25) is 0 Å². The molecule has 0 saturated heterocycles. The van der Waals surface area contributed by atoms with Gasteiger partial charge in [-0.05, 0) is 56.4 Å². The van der Waals surface area contributed by atoms with E-state index in [1.165, 1.54) is 0 Å². The molecule has 0 aromatic heterocycles. The molecule has 140 valence electrons. The van der Waals surface area contributed by atoms with Gasteiger partial charge < -0.3 is 14.2 Å². The summed E-state index contributed by atoms with van der Waals surface area (Å²) in [4.78, 5) is 8.56. The molecule has 7 heteroatoms. The van der Waals surface area contributed by atoms with E-state index in [4.69, 9.17) is 14.2 Å². The number of rotatable bonds is 14. The van der Waals surface area contributed by atoms with Crippen LogP contribution in [-0.2, 0) is 14.2 Å². The van der Waals surface area contributed by atoms with E-state index in [1.54, 1.807) is 0 Å². The van der Waals surface area contributed by atoms with E-state index in [1.807, 2.05) is 0 Å². The van der Waals surface area contributed by atoms with E-state index >= 15 is 0 Å². The van der Waals surface area contributed by atoms with Crippen LogP contribution < -0.4 is 0 Å². The molecule has 0 heterocycles. The fraction of sp³-hybridized carbons (Fsp3) is 1.00. The molecule has 0 radical (unpaired) electrons. The Kier molecular flexibility index (Phi) is 12.9. The van der Waals surface area contributed by atoms with Gasteiger partial charge in [0.2, 0.25) is 0 Å². The highest BCUT2D eigenvalue weighted by Crippen LogP contribution is 1.99. The predicted octanol–water partition coefficient (Wildman–Crippen LogP) is -0.0652. The van der Waals surface area contributed by atoms with Crippen molar-refractivity contribution >= 4 is 0 Å². The summed E-state index contributed by atoms with van der Waals surface area (Å²) in [5, 5.41) is 0. The Bertz CT molecular complexity index is 234. The van der Waals surface area contributed by atoms with Crippen LogP contribution >= 0.6 is 0 Å². The van der Waals surface area contributed by atoms with E-state index in [9.17, 15) is 0 Å². The number of ether oxygens (including phenoxy) is 3. The van der Waals surface area contributed by atoms with Crippen LogP contribution in [0.25, 0.3) is 0 Å². The lowest BCUT2D eigenvalue weighted by Gasteiger charge is -2.30. The molecule has 0 fully saturated rings. The maximum Gasteiger partial charge on any atom is 0.0853 e. The van der Waals surface area contributed by atoms with E-state index in [-0.39, 0.29) is 12.3 Å². The third kappa shape index (κ3) is 11.0. The molecule has 0 N–H and O–H groups in total. The maximum atomic E-state index is 5.66. The Hall–Kier alpha value is -0.280. The lowest BCUT2D eigenvalue weighted by atomic mass is 10.4. The highest BCUT2D eigenvalue weighted by molar-refractivity contribution is 4.62. The largest absolute Gasteiger partial charge is 0.377 e. The van der Waals surface area contributed by atoms with Crippen molar-refractivity contribution in [3.05, 3.63) is 0 Å². The molecule has 0 bridgehead atoms. The zero-order valence-electron chi connectivity index (χ0n) is 16.4. The van der Waals surface area contributed by atoms with Crippen molar-refractivity contribution in [3.8, 4) is 0 Å². The molecule has 0 aliphatic rings. The topological polar surface area (TPSA) is 40.7 Å². The molecule has 0 atom stereocenters. The molecule has 0 aliphatic heterocycles. The van der Waals surface area contributed by atoms with Crippen molar-refractivity contribution in [2.24, 2.45) is 0 Å². The van der Waals surface area contributed by atoms with Crippen LogP contribution in [0.1, 0.15) is 0 Å². The molecule has 23 heavy (non-hydrogen) atoms. The van der Waals surface area contributed by atoms with Crippen LogP contribution in [0, 0.1) is 0 Å². The molecule has 7 nitrogen and oxygen atoms in total. The highest BCUT2D eigenvalue weighted by atomic mass is 16.5. The summed E-state index contributed by atoms with van der Waals surface area (Å²) in [7, 11) is 16.4. The minimum absolute atomic E-state index is 0.285. The standard InChI is InChI=1S/C16H38N4O3/c1-17(2)15(18(3)4)13-22-11-9-21-10-12-23-14-16(19(5)6)20(7)8/h15-16H,9-14H2,1-8H3. The first-order valence-corrected chi connectivity index (χ1v) is 8.16. The molecule has 0 spiro atoms. The second-order valence-corrected chi connectivity index (χ2v) is 6.58. The van der Waals surface area contributed by atoms with Gasteiger partial charge >= 0.3 is 0 Å². The average Bonchev–Trinajstić information content (AvgIpc) is 2.42. The summed E-state index contributed by atoms with van der Waals surface area (Å²) in [5.74, 6) is 0. The average molecular weight is 335 g/mol. The van der Waals surface area contributed by atoms with Crippen LogP contribution in [-0.4, -0.2) is 128 Å². The van der Waals surface area contributed by atoms with Crippen LogP contribution in [0.5, 0.6) is 0 Å². The van der Waals surface area contributed by atoms with E-state index in [0.29, 0.717) is 39.6 Å². The molecular weight excluding hydrogens is 296 g/mol. The van der Waals surface area contributed by atoms with Gasteiger partial charge in [0.05, 0.1) is 52.0 Å². The molecule has 0 aliphatic carbocycles. The quantitative estimate of drug-likeness (QED) is 0.325. The molecular formula is C16H38N4O3. The van der Waals surface area contributed by atoms with Gasteiger partial charge in [0.1, 0.15) is 0 Å². The Morgan fingerprint density at radius 3 is 1.00 bits per heavy atom. The third-order valence-corrected chi connectivity index (χ3v) is 3.66. The first-order valence-electron chi connectivity index (χ1n) is 8.16. The summed E-state index contributed by atoms with van der Waals surface area (Å²) >= 11 is 0. The van der Waals surface area contributed by atoms with Crippen LogP contribution in [0.3, 0.4) is 0 Å². The van der Waals surface area contributed by atoms with Crippen molar-refractivity contribution < 1.29 is 14.2 Å². The molecule has 0 amide bonds. The first kappa shape index (κ1) is 22.7. The van der Waals surface area contributed by atoms with Crippen LogP contribution in [0.4, 0.5) is 0 Å². The lowest BCUT2D eigenvalue weighted by molar-refractivity contribution is -0.0301. The Balaban J connectivity index is 3.56. The van der Waals surface area contributed by atoms with Crippen molar-refractivity contribution in [1.82, 2.24) is 19.6 Å². The van der Waals surface area contributed by atoms with Gasteiger partial charge in [0.15, 0.2) is 0 Å². The van der Waals surface area contributed by atoms with Gasteiger partial charge in [-0.25, -0.2) is 0 Å². The Morgan fingerprint density at radius 1 is 0.478 bits per heavy atom. The normalized spacial score (nSPS) is 12.8. The SMILES string of the molecule is CN(C)C(COCCOCCOCC(N(C)C)N(C)C)N(C)C. The monoisotopic (exact) mass is 334 g/mol. The van der Waals surface area contributed by atoms with Gasteiger partial charge in [0, 0.05) is 0 Å². The van der Waals surface area contributed by atoms with Gasteiger partial charge in [-0.3, -0.25) is 19.6 Å². The fourth-order valence-corrected chi connectivity index (χ4v) is 2.24. The molecule has 0 aromatic rings. The molecule has 0 unspecified atom stereocenters. The van der Waals surface area contributed by atoms with Crippen molar-refractivity contribution in [3.63, 3.8) is 0 Å². The molecule has 0 rings (SSSR count). The first-order chi connectivity index (χ1) is 10.8. The minimum atomic E-state index is 0.285. The predicted molar refractivity (Wildman–Crippen MR) is 94.8 cm³/mol. The minimum Gasteiger partial charge on any atom is -0.377 e. The fourth-order valence-electron chi connectivity index (χ4n) is 2.24. The van der Waals surface area contributed by atoms with E-state index < -0.39 is 0 Å². The van der Waals surface area contributed by atoms with Gasteiger partial charge in [0.25, 0.3) is 0 Å². The van der Waals surface area contributed by atoms with Crippen molar-refractivity contribution in [2.45, 2.75) is 12.3 Å². The van der Waals surface area contributed by atoms with Gasteiger partial charge in [-0.2, -0.15) is 0 Å². The summed E-state index contributed by atoms with van der Waals surface area (Å²) in [6, 6.07) is 0. The third-order valence-electron chi connectivity index (χ3n) is 3.66. The summed E-state index contributed by atoms with van der Waals surface area (Å²) < 4.78 is 16.9. The molecule has 0 aromatic carbocycles. The number of nitrogens with zero attached hydrogens (tertiary/aromatic N) is 4. The number of hydrogen-bond donors (Lipinski definition) is 0. The zero-order chi connectivity index (χ0) is 17.8. The van der Waals surface area contributed by atoms with Gasteiger partial charge in [-0.15, -0.1) is 0 Å². The molecule has 0 saturated carbocycles. The Labute approximate surface area is 143 Å². The van der Waals surface area contributed by atoms with Crippen molar-refractivity contribution in [2.75, 3.05) is 96.0 Å². The summed E-state index contributed by atoms with van der Waals surface area (Å²) in [6.07, 6.45) is 0.569. The summed E-state index contributed by atoms with van der Waals surface area (Å²) in [6.45, 7) is 3.76. The Morgan fingerprint density at radius 2 is 0.739 bits per heavy atom. The second kappa shape index (κ2) is 13.1. The summed E-state index contributed by atoms with van der Waals surface area (Å²) in [5.41, 5.74) is 0. The maximum absolute atomic E-state index is 5.66. The van der Waals surface area contributed by atoms with Gasteiger partial charge in [-0.1, -0.05) is 0 Å².